The molecule has 0 saturated carbocycles. The fourth-order valence-electron chi connectivity index (χ4n) is 3.17. The van der Waals surface area contributed by atoms with Crippen molar-refractivity contribution >= 4 is 15.9 Å². The number of amides is 1. The van der Waals surface area contributed by atoms with Crippen molar-refractivity contribution in [1.29, 1.82) is 0 Å². The first-order valence-corrected chi connectivity index (χ1v) is 10.7. The van der Waals surface area contributed by atoms with E-state index in [1.807, 2.05) is 4.90 Å². The molecule has 2 aromatic carbocycles. The summed E-state index contributed by atoms with van der Waals surface area (Å²) < 4.78 is 40.3. The minimum Gasteiger partial charge on any atom is -0.355 e. The van der Waals surface area contributed by atoms with Crippen molar-refractivity contribution in [2.45, 2.75) is 11.3 Å². The van der Waals surface area contributed by atoms with Gasteiger partial charge in [-0.1, -0.05) is 36.4 Å². The van der Waals surface area contributed by atoms with E-state index in [0.29, 0.717) is 44.7 Å². The minimum atomic E-state index is -3.49. The lowest BCUT2D eigenvalue weighted by atomic mass is 10.1. The van der Waals surface area contributed by atoms with Gasteiger partial charge in [0.25, 0.3) is 0 Å². The van der Waals surface area contributed by atoms with Gasteiger partial charge in [-0.2, -0.15) is 4.31 Å². The maximum atomic E-state index is 13.6. The second-order valence-corrected chi connectivity index (χ2v) is 8.62. The van der Waals surface area contributed by atoms with Gasteiger partial charge in [0.15, 0.2) is 0 Å². The highest BCUT2D eigenvalue weighted by molar-refractivity contribution is 7.89. The molecule has 0 radical (unpaired) electrons. The number of hydrogen-bond acceptors (Lipinski definition) is 4. The molecule has 3 rings (SSSR count). The van der Waals surface area contributed by atoms with Gasteiger partial charge in [0.05, 0.1) is 11.4 Å². The molecule has 28 heavy (non-hydrogen) atoms. The summed E-state index contributed by atoms with van der Waals surface area (Å²) in [6, 6.07) is 14.9. The monoisotopic (exact) mass is 405 g/mol. The molecule has 6 nitrogen and oxygen atoms in total. The van der Waals surface area contributed by atoms with Crippen LogP contribution in [0.3, 0.4) is 0 Å². The molecule has 2 aromatic rings. The zero-order valence-corrected chi connectivity index (χ0v) is 16.4. The molecule has 150 valence electrons. The van der Waals surface area contributed by atoms with E-state index >= 15 is 0 Å². The van der Waals surface area contributed by atoms with Crippen LogP contribution in [-0.4, -0.2) is 62.8 Å². The first-order chi connectivity index (χ1) is 13.5. The molecule has 1 amide bonds. The lowest BCUT2D eigenvalue weighted by Gasteiger charge is -2.33. The molecule has 0 unspecified atom stereocenters. The zero-order chi connectivity index (χ0) is 20.0. The summed E-state index contributed by atoms with van der Waals surface area (Å²) >= 11 is 0. The Morgan fingerprint density at radius 3 is 2.29 bits per heavy atom. The lowest BCUT2D eigenvalue weighted by molar-refractivity contribution is -0.122. The standard InChI is InChI=1S/C20H24FN3O3S/c21-19-9-5-4-6-17(19)10-11-22-20(25)16-23-12-14-24(15-13-23)28(26,27)18-7-2-1-3-8-18/h1-9H,10-16H2,(H,22,25). The Labute approximate surface area is 165 Å². The van der Waals surface area contributed by atoms with E-state index in [1.54, 1.807) is 48.5 Å². The van der Waals surface area contributed by atoms with Crippen LogP contribution < -0.4 is 5.32 Å². The van der Waals surface area contributed by atoms with Gasteiger partial charge >= 0.3 is 0 Å². The summed E-state index contributed by atoms with van der Waals surface area (Å²) in [5.74, 6) is -0.414. The summed E-state index contributed by atoms with van der Waals surface area (Å²) in [6.45, 7) is 2.25. The van der Waals surface area contributed by atoms with Crippen molar-refractivity contribution in [2.75, 3.05) is 39.3 Å². The molecule has 1 saturated heterocycles. The average Bonchev–Trinajstić information content (AvgIpc) is 2.70. The molecule has 1 N–H and O–H groups in total. The highest BCUT2D eigenvalue weighted by atomic mass is 32.2. The van der Waals surface area contributed by atoms with E-state index in [1.165, 1.54) is 10.4 Å². The molecule has 1 fully saturated rings. The summed E-state index contributed by atoms with van der Waals surface area (Å²) in [5.41, 5.74) is 0.572. The molecular formula is C20H24FN3O3S. The molecule has 8 heteroatoms. The molecule has 0 atom stereocenters. The van der Waals surface area contributed by atoms with Gasteiger partial charge in [0.1, 0.15) is 5.82 Å². The number of nitrogens with zero attached hydrogens (tertiary/aromatic N) is 2. The number of rotatable bonds is 7. The maximum absolute atomic E-state index is 13.6. The van der Waals surface area contributed by atoms with Crippen LogP contribution >= 0.6 is 0 Å². The van der Waals surface area contributed by atoms with Crippen LogP contribution in [0.1, 0.15) is 5.56 Å². The maximum Gasteiger partial charge on any atom is 0.243 e. The Kier molecular flexibility index (Phi) is 6.77. The first-order valence-electron chi connectivity index (χ1n) is 9.24. The van der Waals surface area contributed by atoms with Crippen LogP contribution in [0.15, 0.2) is 59.5 Å². The van der Waals surface area contributed by atoms with E-state index in [9.17, 15) is 17.6 Å². The van der Waals surface area contributed by atoms with E-state index in [0.717, 1.165) is 0 Å². The minimum absolute atomic E-state index is 0.143. The molecule has 1 aliphatic heterocycles. The number of carbonyl (C=O) groups excluding carboxylic acids is 1. The topological polar surface area (TPSA) is 69.7 Å². The quantitative estimate of drug-likeness (QED) is 0.758. The SMILES string of the molecule is O=C(CN1CCN(S(=O)(=O)c2ccccc2)CC1)NCCc1ccccc1F. The molecule has 1 heterocycles. The van der Waals surface area contributed by atoms with Crippen LogP contribution in [0.4, 0.5) is 4.39 Å². The Morgan fingerprint density at radius 1 is 0.964 bits per heavy atom. The molecule has 1 aliphatic rings. The summed E-state index contributed by atoms with van der Waals surface area (Å²) in [4.78, 5) is 14.3. The molecule has 0 aliphatic carbocycles. The van der Waals surface area contributed by atoms with Gasteiger partial charge in [0.2, 0.25) is 15.9 Å². The summed E-state index contributed by atoms with van der Waals surface area (Å²) in [5, 5.41) is 2.79. The van der Waals surface area contributed by atoms with Crippen LogP contribution in [0.25, 0.3) is 0 Å². The molecule has 0 spiro atoms. The van der Waals surface area contributed by atoms with Crippen molar-refractivity contribution in [3.63, 3.8) is 0 Å². The lowest BCUT2D eigenvalue weighted by Crippen LogP contribution is -2.51. The number of halogens is 1. The zero-order valence-electron chi connectivity index (χ0n) is 15.6. The summed E-state index contributed by atoms with van der Waals surface area (Å²) in [6.07, 6.45) is 0.432. The average molecular weight is 405 g/mol. The summed E-state index contributed by atoms with van der Waals surface area (Å²) in [7, 11) is -3.49. The van der Waals surface area contributed by atoms with Crippen LogP contribution in [-0.2, 0) is 21.2 Å². The van der Waals surface area contributed by atoms with Crippen molar-refractivity contribution in [3.8, 4) is 0 Å². The smallest absolute Gasteiger partial charge is 0.243 e. The molecular weight excluding hydrogens is 381 g/mol. The van der Waals surface area contributed by atoms with Crippen LogP contribution in [0.5, 0.6) is 0 Å². The highest BCUT2D eigenvalue weighted by Gasteiger charge is 2.28. The normalized spacial score (nSPS) is 16.0. The third-order valence-electron chi connectivity index (χ3n) is 4.75. The Bertz CT molecular complexity index is 898. The van der Waals surface area contributed by atoms with E-state index in [-0.39, 0.29) is 23.2 Å². The molecule has 0 bridgehead atoms. The van der Waals surface area contributed by atoms with Gasteiger partial charge in [-0.05, 0) is 30.2 Å². The predicted molar refractivity (Wildman–Crippen MR) is 105 cm³/mol. The van der Waals surface area contributed by atoms with Gasteiger partial charge in [0, 0.05) is 32.7 Å². The van der Waals surface area contributed by atoms with Gasteiger partial charge in [-0.15, -0.1) is 0 Å². The number of benzene rings is 2. The number of carbonyl (C=O) groups is 1. The third kappa shape index (κ3) is 5.15. The number of sulfonamides is 1. The van der Waals surface area contributed by atoms with Crippen molar-refractivity contribution in [2.24, 2.45) is 0 Å². The largest absolute Gasteiger partial charge is 0.355 e. The number of hydrogen-bond donors (Lipinski definition) is 1. The predicted octanol–water partition coefficient (Wildman–Crippen LogP) is 1.49. The van der Waals surface area contributed by atoms with Gasteiger partial charge in [-0.3, -0.25) is 9.69 Å². The van der Waals surface area contributed by atoms with Gasteiger partial charge in [-0.25, -0.2) is 12.8 Å². The third-order valence-corrected chi connectivity index (χ3v) is 6.67. The fraction of sp³-hybridized carbons (Fsp3) is 0.350. The van der Waals surface area contributed by atoms with Gasteiger partial charge < -0.3 is 5.32 Å². The van der Waals surface area contributed by atoms with Crippen molar-refractivity contribution in [3.05, 3.63) is 66.0 Å². The van der Waals surface area contributed by atoms with E-state index in [2.05, 4.69) is 5.32 Å². The second kappa shape index (κ2) is 9.27. The first kappa shape index (κ1) is 20.4. The van der Waals surface area contributed by atoms with Crippen molar-refractivity contribution in [1.82, 2.24) is 14.5 Å². The van der Waals surface area contributed by atoms with E-state index < -0.39 is 10.0 Å². The molecule has 0 aromatic heterocycles. The number of nitrogens with one attached hydrogen (secondary N) is 1. The van der Waals surface area contributed by atoms with Crippen LogP contribution in [0.2, 0.25) is 0 Å². The Hall–Kier alpha value is -2.29. The second-order valence-electron chi connectivity index (χ2n) is 6.68. The highest BCUT2D eigenvalue weighted by Crippen LogP contribution is 2.17. The Balaban J connectivity index is 1.43. The number of piperazine rings is 1. The fourth-order valence-corrected chi connectivity index (χ4v) is 4.61. The van der Waals surface area contributed by atoms with Crippen LogP contribution in [0, 0.1) is 5.82 Å². The van der Waals surface area contributed by atoms with Crippen molar-refractivity contribution < 1.29 is 17.6 Å². The Morgan fingerprint density at radius 2 is 1.61 bits per heavy atom. The van der Waals surface area contributed by atoms with E-state index in [4.69, 9.17) is 0 Å².